The van der Waals surface area contributed by atoms with Gasteiger partial charge < -0.3 is 16.2 Å². The highest BCUT2D eigenvalue weighted by molar-refractivity contribution is 6.37. The summed E-state index contributed by atoms with van der Waals surface area (Å²) < 4.78 is 0. The van der Waals surface area contributed by atoms with Gasteiger partial charge in [-0.05, 0) is 86.4 Å². The van der Waals surface area contributed by atoms with Crippen LogP contribution in [0.4, 0.5) is 5.69 Å². The summed E-state index contributed by atoms with van der Waals surface area (Å²) in [6.07, 6.45) is 10.1. The first-order chi connectivity index (χ1) is 16.9. The van der Waals surface area contributed by atoms with E-state index in [1.807, 2.05) is 18.2 Å². The molecule has 0 unspecified atom stereocenters. The molecule has 5 rings (SSSR count). The third-order valence-electron chi connectivity index (χ3n) is 7.74. The van der Waals surface area contributed by atoms with Crippen molar-refractivity contribution < 1.29 is 9.90 Å². The number of phenols is 1. The molecule has 0 saturated heterocycles. The summed E-state index contributed by atoms with van der Waals surface area (Å²) in [4.78, 5) is 18.2. The lowest BCUT2D eigenvalue weighted by molar-refractivity contribution is 0.0923. The van der Waals surface area contributed by atoms with E-state index in [0.29, 0.717) is 17.5 Å². The van der Waals surface area contributed by atoms with Crippen molar-refractivity contribution in [2.75, 3.05) is 11.9 Å². The van der Waals surface area contributed by atoms with Gasteiger partial charge in [-0.3, -0.25) is 9.78 Å². The van der Waals surface area contributed by atoms with Crippen LogP contribution in [0.1, 0.15) is 61.7 Å². The fraction of sp³-hybridized carbons (Fsp3) is 0.429. The molecule has 2 aromatic carbocycles. The number of halogens is 2. The monoisotopic (exact) mass is 511 g/mol. The van der Waals surface area contributed by atoms with E-state index < -0.39 is 0 Å². The minimum absolute atomic E-state index is 0.0701. The number of aromatic hydroxyl groups is 1. The Hall–Kier alpha value is -2.34. The zero-order chi connectivity index (χ0) is 24.5. The van der Waals surface area contributed by atoms with Gasteiger partial charge in [-0.25, -0.2) is 0 Å². The molecule has 2 aliphatic rings. The van der Waals surface area contributed by atoms with Crippen LogP contribution in [0.5, 0.6) is 5.75 Å². The van der Waals surface area contributed by atoms with Gasteiger partial charge in [-0.2, -0.15) is 0 Å². The van der Waals surface area contributed by atoms with Gasteiger partial charge in [-0.1, -0.05) is 42.1 Å². The fourth-order valence-electron chi connectivity index (χ4n) is 5.60. The SMILES string of the molecule is NCC1CCC(Nc2c(C(=O)C3CCCC3)cnc3ccc(-c4cc(Cl)c(O)c(Cl)c4)cc23)CC1. The zero-order valence-electron chi connectivity index (χ0n) is 19.7. The van der Waals surface area contributed by atoms with Crippen LogP contribution in [0.3, 0.4) is 0 Å². The van der Waals surface area contributed by atoms with Crippen LogP contribution in [0.25, 0.3) is 22.0 Å². The van der Waals surface area contributed by atoms with E-state index in [4.69, 9.17) is 28.9 Å². The van der Waals surface area contributed by atoms with Crippen molar-refractivity contribution in [3.05, 3.63) is 52.1 Å². The lowest BCUT2D eigenvalue weighted by Gasteiger charge is -2.30. The summed E-state index contributed by atoms with van der Waals surface area (Å²) in [6, 6.07) is 9.65. The van der Waals surface area contributed by atoms with E-state index in [2.05, 4.69) is 10.3 Å². The molecule has 2 saturated carbocycles. The van der Waals surface area contributed by atoms with E-state index in [9.17, 15) is 9.90 Å². The lowest BCUT2D eigenvalue weighted by Crippen LogP contribution is -2.30. The second kappa shape index (κ2) is 10.3. The minimum Gasteiger partial charge on any atom is -0.505 e. The standard InChI is InChI=1S/C28H31Cl2N3O2/c29-23-12-19(13-24(30)28(23)35)18-7-10-25-21(11-18)26(33-20-8-5-16(14-31)6-9-20)22(15-32-25)27(34)17-3-1-2-4-17/h7,10-13,15-17,20,35H,1-6,8-9,14,31H2,(H,32,33). The highest BCUT2D eigenvalue weighted by atomic mass is 35.5. The maximum absolute atomic E-state index is 13.6. The number of aromatic nitrogens is 1. The molecule has 0 spiro atoms. The van der Waals surface area contributed by atoms with Crippen molar-refractivity contribution in [3.63, 3.8) is 0 Å². The van der Waals surface area contributed by atoms with Crippen molar-refractivity contribution in [2.45, 2.75) is 57.4 Å². The van der Waals surface area contributed by atoms with Crippen LogP contribution in [-0.4, -0.2) is 28.5 Å². The number of nitrogens with zero attached hydrogens (tertiary/aromatic N) is 1. The van der Waals surface area contributed by atoms with Crippen LogP contribution in [0, 0.1) is 11.8 Å². The molecule has 3 aromatic rings. The van der Waals surface area contributed by atoms with Crippen molar-refractivity contribution >= 4 is 45.6 Å². The number of nitrogens with one attached hydrogen (secondary N) is 1. The molecule has 5 nitrogen and oxygen atoms in total. The molecule has 0 amide bonds. The smallest absolute Gasteiger partial charge is 0.169 e. The number of phenolic OH excluding ortho intramolecular Hbond substituents is 1. The number of anilines is 1. The Balaban J connectivity index is 1.59. The second-order valence-electron chi connectivity index (χ2n) is 10.0. The number of Topliss-reactive ketones (excluding diaryl/α,β-unsaturated/α-hetero) is 1. The zero-order valence-corrected chi connectivity index (χ0v) is 21.2. The van der Waals surface area contributed by atoms with Gasteiger partial charge in [0.25, 0.3) is 0 Å². The summed E-state index contributed by atoms with van der Waals surface area (Å²) >= 11 is 12.4. The highest BCUT2D eigenvalue weighted by Crippen LogP contribution is 2.39. The Labute approximate surface area is 216 Å². The average molecular weight is 512 g/mol. The summed E-state index contributed by atoms with van der Waals surface area (Å²) in [6.45, 7) is 0.734. The number of rotatable bonds is 6. The van der Waals surface area contributed by atoms with E-state index in [-0.39, 0.29) is 27.5 Å². The third kappa shape index (κ3) is 5.00. The molecule has 0 atom stereocenters. The van der Waals surface area contributed by atoms with Gasteiger partial charge in [0.1, 0.15) is 0 Å². The Kier molecular flexibility index (Phi) is 7.19. The van der Waals surface area contributed by atoms with Crippen LogP contribution < -0.4 is 11.1 Å². The van der Waals surface area contributed by atoms with Gasteiger partial charge in [0.15, 0.2) is 11.5 Å². The topological polar surface area (TPSA) is 88.2 Å². The van der Waals surface area contributed by atoms with Gasteiger partial charge in [-0.15, -0.1) is 0 Å². The third-order valence-corrected chi connectivity index (χ3v) is 8.31. The van der Waals surface area contributed by atoms with Gasteiger partial charge >= 0.3 is 0 Å². The lowest BCUT2D eigenvalue weighted by atomic mass is 9.85. The summed E-state index contributed by atoms with van der Waals surface area (Å²) in [7, 11) is 0. The first-order valence-corrected chi connectivity index (χ1v) is 13.3. The summed E-state index contributed by atoms with van der Waals surface area (Å²) in [5, 5.41) is 15.1. The Morgan fingerprint density at radius 2 is 1.69 bits per heavy atom. The number of carbonyl (C=O) groups is 1. The molecular formula is C28H31Cl2N3O2. The molecule has 2 fully saturated rings. The van der Waals surface area contributed by atoms with Gasteiger partial charge in [0.2, 0.25) is 0 Å². The first kappa shape index (κ1) is 24.4. The molecule has 0 aliphatic heterocycles. The van der Waals surface area contributed by atoms with Gasteiger partial charge in [0, 0.05) is 23.5 Å². The quantitative estimate of drug-likeness (QED) is 0.304. The molecule has 1 heterocycles. The first-order valence-electron chi connectivity index (χ1n) is 12.6. The fourth-order valence-corrected chi connectivity index (χ4v) is 6.09. The maximum atomic E-state index is 13.6. The highest BCUT2D eigenvalue weighted by Gasteiger charge is 2.28. The van der Waals surface area contributed by atoms with Crippen molar-refractivity contribution in [1.29, 1.82) is 0 Å². The molecule has 0 radical (unpaired) electrons. The van der Waals surface area contributed by atoms with Crippen LogP contribution >= 0.6 is 23.2 Å². The van der Waals surface area contributed by atoms with Crippen molar-refractivity contribution in [1.82, 2.24) is 4.98 Å². The van der Waals surface area contributed by atoms with E-state index in [1.54, 1.807) is 18.3 Å². The number of hydrogen-bond acceptors (Lipinski definition) is 5. The Bertz CT molecular complexity index is 1230. The summed E-state index contributed by atoms with van der Waals surface area (Å²) in [5.74, 6) is 0.716. The van der Waals surface area contributed by atoms with Crippen molar-refractivity contribution in [2.24, 2.45) is 17.6 Å². The van der Waals surface area contributed by atoms with E-state index >= 15 is 0 Å². The summed E-state index contributed by atoms with van der Waals surface area (Å²) in [5.41, 5.74) is 9.97. The predicted molar refractivity (Wildman–Crippen MR) is 144 cm³/mol. The number of ketones is 1. The number of hydrogen-bond donors (Lipinski definition) is 3. The molecule has 4 N–H and O–H groups in total. The second-order valence-corrected chi connectivity index (χ2v) is 10.8. The van der Waals surface area contributed by atoms with Crippen LogP contribution in [0.2, 0.25) is 10.0 Å². The molecule has 184 valence electrons. The maximum Gasteiger partial charge on any atom is 0.169 e. The molecule has 35 heavy (non-hydrogen) atoms. The predicted octanol–water partition coefficient (Wildman–Crippen LogP) is 7.22. The van der Waals surface area contributed by atoms with E-state index in [1.165, 1.54) is 0 Å². The van der Waals surface area contributed by atoms with Gasteiger partial charge in [0.05, 0.1) is 26.8 Å². The Morgan fingerprint density at radius 3 is 2.34 bits per heavy atom. The minimum atomic E-state index is -0.126. The molecular weight excluding hydrogens is 481 g/mol. The number of nitrogens with two attached hydrogens (primary N) is 1. The largest absolute Gasteiger partial charge is 0.505 e. The number of fused-ring (bicyclic) bond motifs is 1. The molecule has 2 aliphatic carbocycles. The van der Waals surface area contributed by atoms with E-state index in [0.717, 1.165) is 85.6 Å². The molecule has 1 aromatic heterocycles. The number of carbonyl (C=O) groups excluding carboxylic acids is 1. The normalized spacial score (nSPS) is 20.9. The van der Waals surface area contributed by atoms with Crippen LogP contribution in [0.15, 0.2) is 36.5 Å². The van der Waals surface area contributed by atoms with Crippen LogP contribution in [-0.2, 0) is 0 Å². The number of benzene rings is 2. The molecule has 0 bridgehead atoms. The molecule has 7 heteroatoms. The average Bonchev–Trinajstić information content (AvgIpc) is 3.42. The van der Waals surface area contributed by atoms with Crippen molar-refractivity contribution in [3.8, 4) is 16.9 Å². The number of pyridine rings is 1. The Morgan fingerprint density at radius 1 is 1.00 bits per heavy atom.